The Morgan fingerprint density at radius 2 is 0.537 bits per heavy atom. The highest BCUT2D eigenvalue weighted by Gasteiger charge is 2.42. The van der Waals surface area contributed by atoms with Crippen LogP contribution in [-0.4, -0.2) is 43.8 Å². The molecule has 6 nitrogen and oxygen atoms in total. The van der Waals surface area contributed by atoms with Gasteiger partial charge in [-0.05, 0) is 84.9 Å². The predicted octanol–water partition coefficient (Wildman–Crippen LogP) is 9.34. The summed E-state index contributed by atoms with van der Waals surface area (Å²) in [5, 5.41) is 0. The van der Waals surface area contributed by atoms with Crippen molar-refractivity contribution < 1.29 is 0 Å². The lowest BCUT2D eigenvalue weighted by atomic mass is 9.69. The third kappa shape index (κ3) is 5.84. The number of H-pyrrole nitrogens is 4. The second-order valence-corrected chi connectivity index (χ2v) is 14.9. The van der Waals surface area contributed by atoms with Gasteiger partial charge >= 0.3 is 0 Å². The molecule has 0 saturated carbocycles. The topological polar surface area (TPSA) is 69.6 Å². The number of hydrogen-bond acceptors (Lipinski definition) is 2. The van der Waals surface area contributed by atoms with Crippen molar-refractivity contribution in [2.45, 2.75) is 37.0 Å². The molecular weight excluding hydrogens is 661 g/mol. The number of benzene rings is 4. The number of rotatable bonds is 4. The Labute approximate surface area is 317 Å². The van der Waals surface area contributed by atoms with E-state index in [4.69, 9.17) is 0 Å². The SMILES string of the molecule is CN1Cc2ccc([nH]2)C(c2ccccc2)(c2ccccc2)c2ccc([nH]2)CN(C)Cc2ccc([nH]2)C(c2ccccc2)(c2ccccc2)c2ccc([nH]2)C1. The van der Waals surface area contributed by atoms with Gasteiger partial charge in [-0.25, -0.2) is 0 Å². The van der Waals surface area contributed by atoms with Crippen LogP contribution in [0.25, 0.3) is 0 Å². The molecule has 8 aromatic rings. The quantitative estimate of drug-likeness (QED) is 0.147. The number of fused-ring (bicyclic) bond motifs is 8. The lowest BCUT2D eigenvalue weighted by Crippen LogP contribution is -2.32. The van der Waals surface area contributed by atoms with Gasteiger partial charge in [0, 0.05) is 71.7 Å². The number of hydrogen-bond donors (Lipinski definition) is 4. The lowest BCUT2D eigenvalue weighted by molar-refractivity contribution is 0.311. The summed E-state index contributed by atoms with van der Waals surface area (Å²) in [6.45, 7) is 3.04. The van der Waals surface area contributed by atoms with Crippen molar-refractivity contribution in [1.29, 1.82) is 0 Å². The third-order valence-corrected chi connectivity index (χ3v) is 11.2. The van der Waals surface area contributed by atoms with Gasteiger partial charge in [-0.2, -0.15) is 0 Å². The first-order valence-electron chi connectivity index (χ1n) is 18.9. The van der Waals surface area contributed by atoms with Crippen LogP contribution in [0.1, 0.15) is 67.8 Å². The molecule has 0 radical (unpaired) electrons. The monoisotopic (exact) mass is 706 g/mol. The maximum Gasteiger partial charge on any atom is 0.100 e. The molecule has 4 aromatic heterocycles. The molecular formula is C48H46N6. The van der Waals surface area contributed by atoms with Gasteiger partial charge in [0.25, 0.3) is 0 Å². The summed E-state index contributed by atoms with van der Waals surface area (Å²) in [6.07, 6.45) is 0. The Hall–Kier alpha value is -6.08. The van der Waals surface area contributed by atoms with E-state index in [9.17, 15) is 0 Å². The third-order valence-electron chi connectivity index (χ3n) is 11.2. The Morgan fingerprint density at radius 1 is 0.315 bits per heavy atom. The van der Waals surface area contributed by atoms with Crippen LogP contribution < -0.4 is 0 Å². The standard InChI is InChI=1S/C48H46N6/c1-53-31-39-23-27-43(49-39)47(35-15-7-3-8-16-35,36-17-9-4-10-18-36)45-29-25-41(51-45)33-54(2)34-42-26-30-46(52-42)48(37-19-11-5-12-20-37,38-21-13-6-14-22-38)44-28-24-40(32-53)50-44/h3-30,49-52H,31-34H2,1-2H3. The van der Waals surface area contributed by atoms with Crippen molar-refractivity contribution in [3.8, 4) is 0 Å². The molecule has 8 bridgehead atoms. The van der Waals surface area contributed by atoms with E-state index in [1.807, 2.05) is 0 Å². The summed E-state index contributed by atoms with van der Waals surface area (Å²) in [7, 11) is 4.39. The minimum Gasteiger partial charge on any atom is -0.360 e. The number of nitrogens with one attached hydrogen (secondary N) is 4. The molecule has 0 spiro atoms. The fourth-order valence-corrected chi connectivity index (χ4v) is 8.90. The van der Waals surface area contributed by atoms with Crippen molar-refractivity contribution in [2.24, 2.45) is 0 Å². The fourth-order valence-electron chi connectivity index (χ4n) is 8.90. The number of nitrogens with zero attached hydrogens (tertiary/aromatic N) is 2. The second kappa shape index (κ2) is 14.0. The van der Waals surface area contributed by atoms with Gasteiger partial charge in [-0.1, -0.05) is 121 Å². The van der Waals surface area contributed by atoms with Crippen LogP contribution in [0.3, 0.4) is 0 Å². The number of aromatic nitrogens is 4. The van der Waals surface area contributed by atoms with Crippen molar-refractivity contribution in [1.82, 2.24) is 29.7 Å². The van der Waals surface area contributed by atoms with E-state index >= 15 is 0 Å². The molecule has 5 heterocycles. The Kier molecular flexibility index (Phi) is 8.78. The summed E-state index contributed by atoms with van der Waals surface area (Å²) in [4.78, 5) is 20.5. The summed E-state index contributed by atoms with van der Waals surface area (Å²) in [5.74, 6) is 0. The van der Waals surface area contributed by atoms with Gasteiger partial charge in [0.05, 0.1) is 0 Å². The van der Waals surface area contributed by atoms with Crippen LogP contribution in [0.5, 0.6) is 0 Å². The van der Waals surface area contributed by atoms with Crippen LogP contribution in [-0.2, 0) is 37.0 Å². The van der Waals surface area contributed by atoms with Crippen molar-refractivity contribution in [3.63, 3.8) is 0 Å². The van der Waals surface area contributed by atoms with Crippen LogP contribution in [0.15, 0.2) is 170 Å². The molecule has 4 aromatic carbocycles. The molecule has 54 heavy (non-hydrogen) atoms. The summed E-state index contributed by atoms with van der Waals surface area (Å²) in [6, 6.07) is 61.7. The van der Waals surface area contributed by atoms with Crippen molar-refractivity contribution in [2.75, 3.05) is 14.1 Å². The molecule has 0 amide bonds. The minimum atomic E-state index is -0.572. The molecule has 0 saturated heterocycles. The van der Waals surface area contributed by atoms with Crippen LogP contribution in [0.4, 0.5) is 0 Å². The fraction of sp³-hybridized carbons (Fsp3) is 0.167. The maximum atomic E-state index is 3.93. The van der Waals surface area contributed by atoms with Crippen LogP contribution >= 0.6 is 0 Å². The van der Waals surface area contributed by atoms with E-state index in [1.54, 1.807) is 0 Å². The summed E-state index contributed by atoms with van der Waals surface area (Å²) < 4.78 is 0. The molecule has 0 atom stereocenters. The van der Waals surface area contributed by atoms with E-state index in [1.165, 1.54) is 45.0 Å². The van der Waals surface area contributed by atoms with Gasteiger partial charge < -0.3 is 19.9 Å². The molecule has 1 aliphatic rings. The highest BCUT2D eigenvalue weighted by Crippen LogP contribution is 2.46. The molecule has 4 N–H and O–H groups in total. The average molecular weight is 707 g/mol. The Balaban J connectivity index is 1.20. The molecule has 0 aliphatic carbocycles. The largest absolute Gasteiger partial charge is 0.360 e. The average Bonchev–Trinajstić information content (AvgIpc) is 4.05. The maximum absolute atomic E-state index is 3.93. The molecule has 6 heteroatoms. The summed E-state index contributed by atoms with van der Waals surface area (Å²) >= 11 is 0. The van der Waals surface area contributed by atoms with Gasteiger partial charge in [0.15, 0.2) is 0 Å². The van der Waals surface area contributed by atoms with Gasteiger partial charge in [0.2, 0.25) is 0 Å². The van der Waals surface area contributed by atoms with Crippen molar-refractivity contribution >= 4 is 0 Å². The van der Waals surface area contributed by atoms with E-state index in [2.05, 4.69) is 214 Å². The smallest absolute Gasteiger partial charge is 0.100 e. The number of aromatic amines is 4. The first-order chi connectivity index (χ1) is 26.5. The zero-order valence-corrected chi connectivity index (χ0v) is 30.9. The van der Waals surface area contributed by atoms with E-state index in [0.717, 1.165) is 49.0 Å². The van der Waals surface area contributed by atoms with Gasteiger partial charge in [-0.15, -0.1) is 0 Å². The zero-order valence-electron chi connectivity index (χ0n) is 30.9. The first kappa shape index (κ1) is 33.7. The molecule has 0 fully saturated rings. The lowest BCUT2D eigenvalue weighted by Gasteiger charge is -2.34. The molecule has 1 aliphatic heterocycles. The summed E-state index contributed by atoms with van der Waals surface area (Å²) in [5.41, 5.74) is 12.9. The first-order valence-corrected chi connectivity index (χ1v) is 18.9. The van der Waals surface area contributed by atoms with E-state index in [0.29, 0.717) is 0 Å². The van der Waals surface area contributed by atoms with E-state index < -0.39 is 10.8 Å². The minimum absolute atomic E-state index is 0.572. The highest BCUT2D eigenvalue weighted by atomic mass is 15.1. The Morgan fingerprint density at radius 3 is 0.759 bits per heavy atom. The van der Waals surface area contributed by atoms with Crippen LogP contribution in [0, 0.1) is 0 Å². The predicted molar refractivity (Wildman–Crippen MR) is 217 cm³/mol. The Bertz CT molecular complexity index is 2090. The van der Waals surface area contributed by atoms with Crippen molar-refractivity contribution in [3.05, 3.63) is 238 Å². The zero-order chi connectivity index (χ0) is 36.5. The van der Waals surface area contributed by atoms with Gasteiger partial charge in [-0.3, -0.25) is 9.80 Å². The van der Waals surface area contributed by atoms with Gasteiger partial charge in [0.1, 0.15) is 10.8 Å². The van der Waals surface area contributed by atoms with E-state index in [-0.39, 0.29) is 0 Å². The molecule has 268 valence electrons. The normalized spacial score (nSPS) is 16.2. The second-order valence-electron chi connectivity index (χ2n) is 14.9. The van der Waals surface area contributed by atoms with Crippen LogP contribution in [0.2, 0.25) is 0 Å². The highest BCUT2D eigenvalue weighted by molar-refractivity contribution is 5.58. The molecule has 9 rings (SSSR count). The molecule has 0 unspecified atom stereocenters.